The Morgan fingerprint density at radius 1 is 1.24 bits per heavy atom. The van der Waals surface area contributed by atoms with Crippen molar-refractivity contribution in [1.82, 2.24) is 9.47 Å². The molecule has 25 heavy (non-hydrogen) atoms. The Labute approximate surface area is 148 Å². The number of carbonyl (C=O) groups excluding carboxylic acids is 1. The minimum absolute atomic E-state index is 0.0181. The summed E-state index contributed by atoms with van der Waals surface area (Å²) >= 11 is 0. The number of aliphatic hydroxyl groups excluding tert-OH is 1. The number of amides is 1. The maximum Gasteiger partial charge on any atom is 0.253 e. The lowest BCUT2D eigenvalue weighted by molar-refractivity contribution is 0.0620. The molecular formula is C20H26N2O3. The van der Waals surface area contributed by atoms with Crippen LogP contribution in [0.2, 0.25) is 0 Å². The Balaban J connectivity index is 1.95. The van der Waals surface area contributed by atoms with E-state index in [0.717, 1.165) is 42.2 Å². The van der Waals surface area contributed by atoms with E-state index in [-0.39, 0.29) is 18.4 Å². The lowest BCUT2D eigenvalue weighted by Gasteiger charge is -2.32. The molecule has 0 bridgehead atoms. The molecule has 1 aliphatic heterocycles. The molecule has 5 heteroatoms. The van der Waals surface area contributed by atoms with Crippen LogP contribution in [0.5, 0.6) is 5.75 Å². The van der Waals surface area contributed by atoms with E-state index in [1.54, 1.807) is 7.11 Å². The largest absolute Gasteiger partial charge is 0.495 e. The highest BCUT2D eigenvalue weighted by Gasteiger charge is 2.25. The molecule has 134 valence electrons. The zero-order valence-electron chi connectivity index (χ0n) is 15.2. The van der Waals surface area contributed by atoms with Gasteiger partial charge in [0.05, 0.1) is 12.8 Å². The summed E-state index contributed by atoms with van der Waals surface area (Å²) in [5, 5.41) is 9.40. The summed E-state index contributed by atoms with van der Waals surface area (Å²) < 4.78 is 7.61. The third-order valence-electron chi connectivity index (χ3n) is 5.00. The van der Waals surface area contributed by atoms with Crippen LogP contribution in [-0.2, 0) is 0 Å². The molecule has 1 amide bonds. The number of hydrogen-bond acceptors (Lipinski definition) is 3. The van der Waals surface area contributed by atoms with Crippen LogP contribution in [0.3, 0.4) is 0 Å². The minimum Gasteiger partial charge on any atom is -0.495 e. The molecule has 2 aromatic rings. The van der Waals surface area contributed by atoms with Gasteiger partial charge < -0.3 is 19.3 Å². The van der Waals surface area contributed by atoms with Crippen LogP contribution in [0.1, 0.15) is 34.6 Å². The number of ether oxygens (including phenoxy) is 1. The van der Waals surface area contributed by atoms with Gasteiger partial charge in [-0.25, -0.2) is 0 Å². The number of aromatic nitrogens is 1. The molecule has 1 unspecified atom stereocenters. The van der Waals surface area contributed by atoms with Gasteiger partial charge in [0.15, 0.2) is 0 Å². The second-order valence-corrected chi connectivity index (χ2v) is 6.78. The topological polar surface area (TPSA) is 54.7 Å². The summed E-state index contributed by atoms with van der Waals surface area (Å²) in [6.45, 7) is 5.59. The lowest BCUT2D eigenvalue weighted by Crippen LogP contribution is -2.41. The van der Waals surface area contributed by atoms with E-state index >= 15 is 0 Å². The Bertz CT molecular complexity index is 747. The van der Waals surface area contributed by atoms with E-state index in [0.29, 0.717) is 12.1 Å². The Kier molecular flexibility index (Phi) is 5.13. The highest BCUT2D eigenvalue weighted by molar-refractivity contribution is 5.95. The van der Waals surface area contributed by atoms with E-state index in [1.165, 1.54) is 0 Å². The number of likely N-dealkylation sites (tertiary alicyclic amines) is 1. The first-order valence-electron chi connectivity index (χ1n) is 8.78. The van der Waals surface area contributed by atoms with Gasteiger partial charge in [-0.05, 0) is 62.9 Å². The summed E-state index contributed by atoms with van der Waals surface area (Å²) in [7, 11) is 1.64. The smallest absolute Gasteiger partial charge is 0.253 e. The molecule has 1 saturated heterocycles. The number of methoxy groups -OCH3 is 1. The maximum absolute atomic E-state index is 12.9. The first kappa shape index (κ1) is 17.5. The van der Waals surface area contributed by atoms with Gasteiger partial charge in [0, 0.05) is 36.6 Å². The van der Waals surface area contributed by atoms with E-state index < -0.39 is 0 Å². The molecule has 3 rings (SSSR count). The van der Waals surface area contributed by atoms with Crippen molar-refractivity contribution in [3.63, 3.8) is 0 Å². The fourth-order valence-corrected chi connectivity index (χ4v) is 3.63. The van der Waals surface area contributed by atoms with Crippen LogP contribution in [0, 0.1) is 19.8 Å². The van der Waals surface area contributed by atoms with Crippen molar-refractivity contribution in [3.8, 4) is 11.4 Å². The summed E-state index contributed by atoms with van der Waals surface area (Å²) in [5.74, 6) is 0.944. The van der Waals surface area contributed by atoms with Gasteiger partial charge >= 0.3 is 0 Å². The van der Waals surface area contributed by atoms with Gasteiger partial charge in [-0.1, -0.05) is 0 Å². The predicted molar refractivity (Wildman–Crippen MR) is 97.5 cm³/mol. The Morgan fingerprint density at radius 2 is 1.96 bits per heavy atom. The molecule has 1 aromatic carbocycles. The normalized spacial score (nSPS) is 17.6. The Hall–Kier alpha value is -2.27. The van der Waals surface area contributed by atoms with Crippen LogP contribution in [-0.4, -0.2) is 47.3 Å². The maximum atomic E-state index is 12.9. The van der Waals surface area contributed by atoms with Gasteiger partial charge in [-0.15, -0.1) is 0 Å². The van der Waals surface area contributed by atoms with Crippen LogP contribution < -0.4 is 4.74 Å². The van der Waals surface area contributed by atoms with Gasteiger partial charge in [-0.2, -0.15) is 0 Å². The van der Waals surface area contributed by atoms with Crippen LogP contribution in [0.4, 0.5) is 0 Å². The number of nitrogens with zero attached hydrogens (tertiary/aromatic N) is 2. The zero-order valence-corrected chi connectivity index (χ0v) is 15.2. The average molecular weight is 342 g/mol. The van der Waals surface area contributed by atoms with E-state index in [4.69, 9.17) is 4.74 Å². The van der Waals surface area contributed by atoms with Crippen LogP contribution >= 0.6 is 0 Å². The molecule has 1 fully saturated rings. The van der Waals surface area contributed by atoms with E-state index in [1.807, 2.05) is 36.9 Å². The molecule has 0 radical (unpaired) electrons. The monoisotopic (exact) mass is 342 g/mol. The third kappa shape index (κ3) is 3.42. The third-order valence-corrected chi connectivity index (χ3v) is 5.00. The quantitative estimate of drug-likeness (QED) is 0.929. The molecule has 1 N–H and O–H groups in total. The minimum atomic E-state index is 0.0181. The fraction of sp³-hybridized carbons (Fsp3) is 0.450. The van der Waals surface area contributed by atoms with Gasteiger partial charge in [0.25, 0.3) is 5.91 Å². The SMILES string of the molecule is COc1ccc(C(=O)N2CCCC(CO)C2)cc1-n1c(C)ccc1C. The van der Waals surface area contributed by atoms with Crippen molar-refractivity contribution < 1.29 is 14.6 Å². The molecule has 0 spiro atoms. The summed E-state index contributed by atoms with van der Waals surface area (Å²) in [6.07, 6.45) is 1.92. The molecule has 1 aliphatic rings. The van der Waals surface area contributed by atoms with Crippen molar-refractivity contribution in [2.24, 2.45) is 5.92 Å². The first-order chi connectivity index (χ1) is 12.0. The Morgan fingerprint density at radius 3 is 2.60 bits per heavy atom. The molecule has 0 aliphatic carbocycles. The van der Waals surface area contributed by atoms with Gasteiger partial charge in [-0.3, -0.25) is 4.79 Å². The molecule has 2 heterocycles. The van der Waals surface area contributed by atoms with Crippen molar-refractivity contribution in [3.05, 3.63) is 47.3 Å². The standard InChI is InChI=1S/C20H26N2O3/c1-14-6-7-15(2)22(14)18-11-17(8-9-19(18)25-3)20(24)21-10-4-5-16(12-21)13-23/h6-9,11,16,23H,4-5,10,12-13H2,1-3H3. The zero-order chi connectivity index (χ0) is 18.0. The summed E-state index contributed by atoms with van der Waals surface area (Å²) in [5.41, 5.74) is 3.73. The van der Waals surface area contributed by atoms with Crippen LogP contribution in [0.25, 0.3) is 5.69 Å². The van der Waals surface area contributed by atoms with E-state index in [2.05, 4.69) is 16.7 Å². The second kappa shape index (κ2) is 7.31. The molecule has 1 atom stereocenters. The first-order valence-corrected chi connectivity index (χ1v) is 8.78. The second-order valence-electron chi connectivity index (χ2n) is 6.78. The highest BCUT2D eigenvalue weighted by Crippen LogP contribution is 2.28. The number of hydrogen-bond donors (Lipinski definition) is 1. The average Bonchev–Trinajstić information content (AvgIpc) is 2.98. The number of rotatable bonds is 4. The lowest BCUT2D eigenvalue weighted by atomic mass is 9.98. The molecular weight excluding hydrogens is 316 g/mol. The number of aryl methyl sites for hydroxylation is 2. The fourth-order valence-electron chi connectivity index (χ4n) is 3.63. The number of piperidine rings is 1. The van der Waals surface area contributed by atoms with E-state index in [9.17, 15) is 9.90 Å². The summed E-state index contributed by atoms with van der Waals surface area (Å²) in [6, 6.07) is 9.69. The predicted octanol–water partition coefficient (Wildman–Crippen LogP) is 2.95. The molecule has 1 aromatic heterocycles. The number of carbonyl (C=O) groups is 1. The highest BCUT2D eigenvalue weighted by atomic mass is 16.5. The van der Waals surface area contributed by atoms with Crippen molar-refractivity contribution in [2.75, 3.05) is 26.8 Å². The molecule has 0 saturated carbocycles. The van der Waals surface area contributed by atoms with Gasteiger partial charge in [0.2, 0.25) is 0 Å². The van der Waals surface area contributed by atoms with Crippen molar-refractivity contribution in [1.29, 1.82) is 0 Å². The molecule has 5 nitrogen and oxygen atoms in total. The number of aliphatic hydroxyl groups is 1. The summed E-state index contributed by atoms with van der Waals surface area (Å²) in [4.78, 5) is 14.8. The van der Waals surface area contributed by atoms with Crippen LogP contribution in [0.15, 0.2) is 30.3 Å². The number of benzene rings is 1. The van der Waals surface area contributed by atoms with Crippen molar-refractivity contribution >= 4 is 5.91 Å². The van der Waals surface area contributed by atoms with Crippen molar-refractivity contribution in [2.45, 2.75) is 26.7 Å². The van der Waals surface area contributed by atoms with Gasteiger partial charge in [0.1, 0.15) is 5.75 Å².